The largest absolute Gasteiger partial charge is 0.400 e. The summed E-state index contributed by atoms with van der Waals surface area (Å²) < 4.78 is 23.0. The minimum atomic E-state index is -1.78. The lowest BCUT2D eigenvalue weighted by Crippen LogP contribution is -2.43. The molecule has 4 unspecified atom stereocenters. The molecule has 0 amide bonds. The van der Waals surface area contributed by atoms with Crippen LogP contribution >= 0.6 is 0 Å². The van der Waals surface area contributed by atoms with Gasteiger partial charge in [0.2, 0.25) is 0 Å². The molecule has 0 aromatic heterocycles. The van der Waals surface area contributed by atoms with Crippen LogP contribution in [0.1, 0.15) is 47.0 Å². The summed E-state index contributed by atoms with van der Waals surface area (Å²) in [6, 6.07) is 0. The second kappa shape index (κ2) is 10.0. The molecule has 0 aliphatic heterocycles. The van der Waals surface area contributed by atoms with Crippen LogP contribution in [-0.4, -0.2) is 59.6 Å². The van der Waals surface area contributed by atoms with E-state index in [1.807, 2.05) is 27.7 Å². The molecule has 132 valence electrons. The van der Waals surface area contributed by atoms with Crippen LogP contribution < -0.4 is 0 Å². The zero-order valence-electron chi connectivity index (χ0n) is 15.0. The Morgan fingerprint density at radius 3 is 2.18 bits per heavy atom. The van der Waals surface area contributed by atoms with Gasteiger partial charge in [0.15, 0.2) is 0 Å². The first-order valence-corrected chi connectivity index (χ1v) is 10.0. The number of hydrogen-bond donors (Lipinski definition) is 1. The average molecular weight is 335 g/mol. The van der Waals surface area contributed by atoms with Crippen LogP contribution in [0.5, 0.6) is 0 Å². The third-order valence-corrected chi connectivity index (χ3v) is 6.65. The Balaban J connectivity index is 2.74. The molecule has 0 heterocycles. The number of rotatable bonds is 9. The van der Waals surface area contributed by atoms with Gasteiger partial charge in [-0.25, -0.2) is 0 Å². The molecule has 1 rings (SSSR count). The fraction of sp³-hybridized carbons (Fsp3) is 1.00. The van der Waals surface area contributed by atoms with Crippen LogP contribution in [0.3, 0.4) is 0 Å². The highest BCUT2D eigenvalue weighted by Gasteiger charge is 2.39. The predicted octanol–water partition coefficient (Wildman–Crippen LogP) is 2.25. The summed E-state index contributed by atoms with van der Waals surface area (Å²) in [5.74, 6) is 0.419. The highest BCUT2D eigenvalue weighted by atomic mass is 28.3. The third kappa shape index (κ3) is 6.26. The van der Waals surface area contributed by atoms with Gasteiger partial charge < -0.3 is 23.4 Å². The molecule has 1 N–H and O–H groups in total. The van der Waals surface area contributed by atoms with Gasteiger partial charge in [-0.15, -0.1) is 0 Å². The zero-order chi connectivity index (χ0) is 16.7. The molecule has 22 heavy (non-hydrogen) atoms. The van der Waals surface area contributed by atoms with Gasteiger partial charge >= 0.3 is 9.28 Å². The normalized spacial score (nSPS) is 27.8. The van der Waals surface area contributed by atoms with E-state index in [4.69, 9.17) is 18.3 Å². The molecular formula is C16H34O5Si. The van der Waals surface area contributed by atoms with Crippen LogP contribution in [0.2, 0.25) is 5.54 Å². The lowest BCUT2D eigenvalue weighted by atomic mass is 9.83. The fourth-order valence-corrected chi connectivity index (χ4v) is 5.17. The molecule has 0 aromatic rings. The fourth-order valence-electron chi connectivity index (χ4n) is 3.21. The molecule has 0 saturated heterocycles. The summed E-state index contributed by atoms with van der Waals surface area (Å²) >= 11 is 0. The highest BCUT2D eigenvalue weighted by Crippen LogP contribution is 2.37. The van der Waals surface area contributed by atoms with Gasteiger partial charge in [0.05, 0.1) is 31.0 Å². The molecule has 0 aromatic carbocycles. The van der Waals surface area contributed by atoms with E-state index in [1.165, 1.54) is 0 Å². The first-order chi connectivity index (χ1) is 10.4. The monoisotopic (exact) mass is 334 g/mol. The second-order valence-electron chi connectivity index (χ2n) is 6.75. The Hall–Kier alpha value is 0.0169. The van der Waals surface area contributed by atoms with Crippen molar-refractivity contribution in [2.45, 2.75) is 76.9 Å². The first kappa shape index (κ1) is 20.1. The van der Waals surface area contributed by atoms with Gasteiger partial charge in [-0.2, -0.15) is 0 Å². The van der Waals surface area contributed by atoms with Gasteiger partial charge in [-0.05, 0) is 52.9 Å². The van der Waals surface area contributed by atoms with E-state index in [0.29, 0.717) is 12.5 Å². The molecule has 0 bridgehead atoms. The number of ether oxygens (including phenoxy) is 2. The van der Waals surface area contributed by atoms with E-state index in [-0.39, 0.29) is 30.0 Å². The lowest BCUT2D eigenvalue weighted by molar-refractivity contribution is -0.0975. The molecule has 4 atom stereocenters. The van der Waals surface area contributed by atoms with E-state index < -0.39 is 9.28 Å². The number of aliphatic hydroxyl groups is 1. The summed E-state index contributed by atoms with van der Waals surface area (Å²) in [5, 5.41) is 10.2. The Kier molecular flexibility index (Phi) is 9.12. The SMILES string of the molecule is CO[SiH](OC)C(COC(C)C)C1CCC(O)C(OC(C)C)C1. The average Bonchev–Trinajstić information content (AvgIpc) is 2.45. The molecule has 1 aliphatic carbocycles. The van der Waals surface area contributed by atoms with Gasteiger partial charge in [-0.3, -0.25) is 0 Å². The Morgan fingerprint density at radius 1 is 1.05 bits per heavy atom. The second-order valence-corrected chi connectivity index (χ2v) is 9.29. The quantitative estimate of drug-likeness (QED) is 0.656. The molecule has 1 aliphatic rings. The van der Waals surface area contributed by atoms with Crippen molar-refractivity contribution in [3.05, 3.63) is 0 Å². The summed E-state index contributed by atoms with van der Waals surface area (Å²) in [4.78, 5) is 0. The Labute approximate surface area is 137 Å². The van der Waals surface area contributed by atoms with E-state index in [1.54, 1.807) is 14.2 Å². The number of aliphatic hydroxyl groups excluding tert-OH is 1. The summed E-state index contributed by atoms with van der Waals surface area (Å²) in [7, 11) is 1.66. The lowest BCUT2D eigenvalue weighted by Gasteiger charge is -2.39. The van der Waals surface area contributed by atoms with E-state index in [0.717, 1.165) is 19.3 Å². The molecule has 6 heteroatoms. The molecule has 5 nitrogen and oxygen atoms in total. The maximum Gasteiger partial charge on any atom is 0.326 e. The van der Waals surface area contributed by atoms with Crippen molar-refractivity contribution in [2.24, 2.45) is 5.92 Å². The smallest absolute Gasteiger partial charge is 0.326 e. The van der Waals surface area contributed by atoms with E-state index in [9.17, 15) is 5.11 Å². The summed E-state index contributed by atoms with van der Waals surface area (Å²) in [6.07, 6.45) is 2.46. The van der Waals surface area contributed by atoms with Gasteiger partial charge in [0, 0.05) is 19.8 Å². The number of hydrogen-bond acceptors (Lipinski definition) is 5. The van der Waals surface area contributed by atoms with Gasteiger partial charge in [0.1, 0.15) is 0 Å². The van der Waals surface area contributed by atoms with Crippen LogP contribution in [0.4, 0.5) is 0 Å². The third-order valence-electron chi connectivity index (χ3n) is 4.29. The Bertz CT molecular complexity index is 296. The zero-order valence-corrected chi connectivity index (χ0v) is 16.1. The highest BCUT2D eigenvalue weighted by molar-refractivity contribution is 6.46. The topological polar surface area (TPSA) is 57.2 Å². The first-order valence-electron chi connectivity index (χ1n) is 8.39. The molecule has 1 saturated carbocycles. The van der Waals surface area contributed by atoms with Crippen molar-refractivity contribution in [3.8, 4) is 0 Å². The van der Waals surface area contributed by atoms with Crippen LogP contribution in [0, 0.1) is 5.92 Å². The maximum atomic E-state index is 10.2. The van der Waals surface area contributed by atoms with Gasteiger partial charge in [0.25, 0.3) is 0 Å². The van der Waals surface area contributed by atoms with Gasteiger partial charge in [-0.1, -0.05) is 0 Å². The summed E-state index contributed by atoms with van der Waals surface area (Å²) in [6.45, 7) is 8.77. The maximum absolute atomic E-state index is 10.2. The molecule has 1 fully saturated rings. The molecule has 0 spiro atoms. The van der Waals surface area contributed by atoms with Crippen LogP contribution in [0.15, 0.2) is 0 Å². The van der Waals surface area contributed by atoms with E-state index >= 15 is 0 Å². The van der Waals surface area contributed by atoms with Crippen molar-refractivity contribution in [3.63, 3.8) is 0 Å². The van der Waals surface area contributed by atoms with E-state index in [2.05, 4.69) is 0 Å². The Morgan fingerprint density at radius 2 is 1.68 bits per heavy atom. The molecular weight excluding hydrogens is 300 g/mol. The summed E-state index contributed by atoms with van der Waals surface area (Å²) in [5.41, 5.74) is 0.281. The standard InChI is InChI=1S/C16H34O5Si/c1-11(2)20-10-16(22(18-5)19-6)13-7-8-14(17)15(9-13)21-12(3)4/h11-17,22H,7-10H2,1-6H3. The van der Waals surface area contributed by atoms with Crippen LogP contribution in [-0.2, 0) is 18.3 Å². The van der Waals surface area contributed by atoms with Crippen molar-refractivity contribution in [2.75, 3.05) is 20.8 Å². The van der Waals surface area contributed by atoms with Crippen molar-refractivity contribution in [1.82, 2.24) is 0 Å². The van der Waals surface area contributed by atoms with Crippen molar-refractivity contribution < 1.29 is 23.4 Å². The van der Waals surface area contributed by atoms with Crippen molar-refractivity contribution >= 4 is 9.28 Å². The molecule has 0 radical (unpaired) electrons. The van der Waals surface area contributed by atoms with Crippen LogP contribution in [0.25, 0.3) is 0 Å². The predicted molar refractivity (Wildman–Crippen MR) is 89.4 cm³/mol. The minimum absolute atomic E-state index is 0.0938. The van der Waals surface area contributed by atoms with Crippen molar-refractivity contribution in [1.29, 1.82) is 0 Å². The minimum Gasteiger partial charge on any atom is -0.400 e.